The molecule has 1 aromatic heterocycles. The maximum absolute atomic E-state index is 13.7. The first-order valence-corrected chi connectivity index (χ1v) is 15.3. The number of likely N-dealkylation sites (tertiary alicyclic amines) is 1. The summed E-state index contributed by atoms with van der Waals surface area (Å²) >= 11 is 0. The Hall–Kier alpha value is -3.67. The zero-order chi connectivity index (χ0) is 29.7. The maximum atomic E-state index is 13.7. The van der Waals surface area contributed by atoms with Crippen molar-refractivity contribution in [3.63, 3.8) is 0 Å². The van der Waals surface area contributed by atoms with Gasteiger partial charge in [0.05, 0.1) is 11.8 Å². The zero-order valence-corrected chi connectivity index (χ0v) is 24.5. The van der Waals surface area contributed by atoms with Gasteiger partial charge in [0, 0.05) is 23.9 Å². The van der Waals surface area contributed by atoms with Crippen LogP contribution in [0.25, 0.3) is 10.8 Å². The fourth-order valence-corrected chi connectivity index (χ4v) is 6.63. The average molecular weight is 585 g/mol. The molecule has 5 rings (SSSR count). The largest absolute Gasteiger partial charge is 0.472 e. The summed E-state index contributed by atoms with van der Waals surface area (Å²) in [6, 6.07) is 6.67. The summed E-state index contributed by atoms with van der Waals surface area (Å²) in [6.07, 6.45) is 3.18. The summed E-state index contributed by atoms with van der Waals surface area (Å²) in [5, 5.41) is 3.95. The SMILES string of the molecule is C=C[C@@H]1C[C@]1(NC(=O)C1CC(Oc2nccc3c(C)cccc23)CN1C(=O)OC(C)(C)C)C(=O)NS(=O)(=O)C1CC1. The van der Waals surface area contributed by atoms with Crippen LogP contribution in [0.5, 0.6) is 5.88 Å². The lowest BCUT2D eigenvalue weighted by atomic mass is 10.1. The third kappa shape index (κ3) is 5.88. The van der Waals surface area contributed by atoms with Gasteiger partial charge in [-0.05, 0) is 70.0 Å². The van der Waals surface area contributed by atoms with E-state index in [1.165, 1.54) is 11.0 Å². The Balaban J connectivity index is 1.38. The molecule has 11 nitrogen and oxygen atoms in total. The zero-order valence-electron chi connectivity index (χ0n) is 23.7. The molecule has 4 atom stereocenters. The number of hydrogen-bond donors (Lipinski definition) is 2. The summed E-state index contributed by atoms with van der Waals surface area (Å²) in [5.41, 5.74) is -1.22. The first-order chi connectivity index (χ1) is 19.2. The molecule has 0 radical (unpaired) electrons. The van der Waals surface area contributed by atoms with Crippen LogP contribution in [0.4, 0.5) is 4.79 Å². The monoisotopic (exact) mass is 584 g/mol. The third-order valence-corrected chi connectivity index (χ3v) is 9.53. The second kappa shape index (κ2) is 10.3. The Kier molecular flexibility index (Phi) is 7.25. The molecule has 1 saturated heterocycles. The van der Waals surface area contributed by atoms with E-state index in [1.807, 2.05) is 31.2 Å². The molecule has 3 amide bonds. The second-order valence-electron chi connectivity index (χ2n) is 12.1. The lowest BCUT2D eigenvalue weighted by molar-refractivity contribution is -0.131. The molecule has 3 aliphatic rings. The third-order valence-electron chi connectivity index (χ3n) is 7.71. The number of benzene rings is 1. The summed E-state index contributed by atoms with van der Waals surface area (Å²) in [5.74, 6) is -1.47. The van der Waals surface area contributed by atoms with Crippen LogP contribution in [0.3, 0.4) is 0 Å². The highest BCUT2D eigenvalue weighted by Crippen LogP contribution is 2.45. The molecule has 0 spiro atoms. The van der Waals surface area contributed by atoms with Crippen LogP contribution in [-0.2, 0) is 24.3 Å². The first kappa shape index (κ1) is 28.8. The van der Waals surface area contributed by atoms with Crippen molar-refractivity contribution in [1.29, 1.82) is 0 Å². The first-order valence-electron chi connectivity index (χ1n) is 13.8. The quantitative estimate of drug-likeness (QED) is 0.451. The fourth-order valence-electron chi connectivity index (χ4n) is 5.26. The van der Waals surface area contributed by atoms with Crippen molar-refractivity contribution in [3.8, 4) is 5.88 Å². The van der Waals surface area contributed by atoms with Gasteiger partial charge in [0.25, 0.3) is 5.91 Å². The molecular formula is C29H36N4O7S. The molecule has 2 unspecified atom stereocenters. The number of amides is 3. The van der Waals surface area contributed by atoms with Gasteiger partial charge < -0.3 is 14.8 Å². The van der Waals surface area contributed by atoms with Crippen molar-refractivity contribution in [2.75, 3.05) is 6.54 Å². The standard InChI is InChI=1S/C29H36N4O7S/c1-6-18-15-29(18,26(35)32-41(37,38)20-10-11-20)31-24(34)23-14-19(16-33(23)27(36)40-28(3,4)5)39-25-22-9-7-8-17(2)21(22)12-13-30-25/h6-9,12-13,18-20,23H,1,10-11,14-16H2,2-5H3,(H,31,34)(H,32,35)/t18-,19?,23?,29-/m1/s1. The Morgan fingerprint density at radius 2 is 1.90 bits per heavy atom. The van der Waals surface area contributed by atoms with E-state index in [0.717, 1.165) is 16.3 Å². The van der Waals surface area contributed by atoms with E-state index in [1.54, 1.807) is 27.0 Å². The number of pyridine rings is 1. The normalized spacial score (nSPS) is 25.9. The Morgan fingerprint density at radius 1 is 1.17 bits per heavy atom. The number of carbonyl (C=O) groups is 3. The number of hydrogen-bond acceptors (Lipinski definition) is 8. The van der Waals surface area contributed by atoms with Gasteiger partial charge in [-0.15, -0.1) is 6.58 Å². The Bertz CT molecular complexity index is 1510. The van der Waals surface area contributed by atoms with Crippen molar-refractivity contribution in [3.05, 3.63) is 48.7 Å². The van der Waals surface area contributed by atoms with Gasteiger partial charge >= 0.3 is 6.09 Å². The summed E-state index contributed by atoms with van der Waals surface area (Å²) in [6.45, 7) is 11.0. The minimum Gasteiger partial charge on any atom is -0.472 e. The van der Waals surface area contributed by atoms with Gasteiger partial charge in [-0.3, -0.25) is 19.2 Å². The summed E-state index contributed by atoms with van der Waals surface area (Å²) in [4.78, 5) is 45.8. The minimum atomic E-state index is -3.82. The minimum absolute atomic E-state index is 0.0526. The number of aryl methyl sites for hydroxylation is 1. The molecule has 0 bridgehead atoms. The molecule has 2 aliphatic carbocycles. The smallest absolute Gasteiger partial charge is 0.411 e. The van der Waals surface area contributed by atoms with Gasteiger partial charge in [0.1, 0.15) is 23.3 Å². The molecule has 220 valence electrons. The fraction of sp³-hybridized carbons (Fsp3) is 0.517. The van der Waals surface area contributed by atoms with Crippen LogP contribution in [0, 0.1) is 12.8 Å². The number of aromatic nitrogens is 1. The maximum Gasteiger partial charge on any atom is 0.411 e. The van der Waals surface area contributed by atoms with Crippen molar-refractivity contribution in [2.45, 2.75) is 81.9 Å². The van der Waals surface area contributed by atoms with Crippen molar-refractivity contribution >= 4 is 38.7 Å². The Labute approximate surface area is 239 Å². The van der Waals surface area contributed by atoms with Gasteiger partial charge in [0.2, 0.25) is 21.8 Å². The predicted octanol–water partition coefficient (Wildman–Crippen LogP) is 2.97. The number of fused-ring (bicyclic) bond motifs is 1. The number of carbonyl (C=O) groups excluding carboxylic acids is 3. The van der Waals surface area contributed by atoms with Crippen LogP contribution in [0.15, 0.2) is 43.1 Å². The molecule has 3 fully saturated rings. The summed E-state index contributed by atoms with van der Waals surface area (Å²) in [7, 11) is -3.82. The van der Waals surface area contributed by atoms with E-state index in [2.05, 4.69) is 21.6 Å². The number of nitrogens with one attached hydrogen (secondary N) is 2. The highest BCUT2D eigenvalue weighted by atomic mass is 32.2. The van der Waals surface area contributed by atoms with E-state index < -0.39 is 62.4 Å². The van der Waals surface area contributed by atoms with E-state index in [-0.39, 0.29) is 19.4 Å². The van der Waals surface area contributed by atoms with E-state index in [4.69, 9.17) is 9.47 Å². The van der Waals surface area contributed by atoms with Crippen molar-refractivity contribution in [2.24, 2.45) is 5.92 Å². The molecule has 41 heavy (non-hydrogen) atoms. The van der Waals surface area contributed by atoms with Crippen molar-refractivity contribution in [1.82, 2.24) is 19.9 Å². The molecule has 12 heteroatoms. The highest BCUT2D eigenvalue weighted by Gasteiger charge is 2.62. The predicted molar refractivity (Wildman–Crippen MR) is 152 cm³/mol. The van der Waals surface area contributed by atoms with Crippen molar-refractivity contribution < 1.29 is 32.3 Å². The molecular weight excluding hydrogens is 548 g/mol. The van der Waals surface area contributed by atoms with Gasteiger partial charge in [-0.2, -0.15) is 0 Å². The highest BCUT2D eigenvalue weighted by molar-refractivity contribution is 7.91. The molecule has 2 aromatic rings. The lowest BCUT2D eigenvalue weighted by Crippen LogP contribution is -2.56. The van der Waals surface area contributed by atoms with E-state index in [9.17, 15) is 22.8 Å². The van der Waals surface area contributed by atoms with E-state index >= 15 is 0 Å². The number of nitrogens with zero attached hydrogens (tertiary/aromatic N) is 2. The van der Waals surface area contributed by atoms with Gasteiger partial charge in [-0.25, -0.2) is 18.2 Å². The topological polar surface area (TPSA) is 144 Å². The molecule has 1 aliphatic heterocycles. The number of sulfonamides is 1. The van der Waals surface area contributed by atoms with Crippen LogP contribution < -0.4 is 14.8 Å². The van der Waals surface area contributed by atoms with Crippen LogP contribution in [-0.4, -0.2) is 71.3 Å². The Morgan fingerprint density at radius 3 is 2.54 bits per heavy atom. The average Bonchev–Trinajstić information content (AvgIpc) is 3.80. The molecule has 2 heterocycles. The molecule has 2 N–H and O–H groups in total. The molecule has 2 saturated carbocycles. The van der Waals surface area contributed by atoms with Gasteiger partial charge in [0.15, 0.2) is 0 Å². The summed E-state index contributed by atoms with van der Waals surface area (Å²) < 4.78 is 38.9. The van der Waals surface area contributed by atoms with Crippen LogP contribution >= 0.6 is 0 Å². The lowest BCUT2D eigenvalue weighted by Gasteiger charge is -2.29. The second-order valence-corrected chi connectivity index (χ2v) is 14.1. The van der Waals surface area contributed by atoms with E-state index in [0.29, 0.717) is 18.7 Å². The number of rotatable bonds is 8. The van der Waals surface area contributed by atoms with Gasteiger partial charge in [-0.1, -0.05) is 18.2 Å². The van der Waals surface area contributed by atoms with Crippen LogP contribution in [0.1, 0.15) is 52.0 Å². The number of ether oxygens (including phenoxy) is 2. The van der Waals surface area contributed by atoms with Crippen LogP contribution in [0.2, 0.25) is 0 Å². The molecule has 1 aromatic carbocycles.